The summed E-state index contributed by atoms with van der Waals surface area (Å²) in [5, 5.41) is 6.30. The normalized spacial score (nSPS) is 10.5. The van der Waals surface area contributed by atoms with Crippen LogP contribution in [0.4, 0.5) is 11.4 Å². The number of halogens is 1. The van der Waals surface area contributed by atoms with Crippen LogP contribution in [0, 0.1) is 17.4 Å². The minimum Gasteiger partial charge on any atom is -0.490 e. The number of ether oxygens (including phenoxy) is 2. The van der Waals surface area contributed by atoms with Crippen LogP contribution in [-0.2, 0) is 11.3 Å². The molecule has 3 rings (SSSR count). The SMILES string of the molecule is CCOc1cc(CNc2cccc(C)c2)cc(I)c1OCC(=O)Nc1cccc(C)c1. The molecule has 162 valence electrons. The van der Waals surface area contributed by atoms with Gasteiger partial charge in [0.05, 0.1) is 10.2 Å². The average Bonchev–Trinajstić information content (AvgIpc) is 2.72. The molecule has 31 heavy (non-hydrogen) atoms. The predicted molar refractivity (Wildman–Crippen MR) is 134 cm³/mol. The van der Waals surface area contributed by atoms with Gasteiger partial charge in [-0.25, -0.2) is 0 Å². The van der Waals surface area contributed by atoms with Crippen LogP contribution in [0.15, 0.2) is 60.7 Å². The second kappa shape index (κ2) is 11.0. The van der Waals surface area contributed by atoms with Crippen LogP contribution in [0.1, 0.15) is 23.6 Å². The standard InChI is InChI=1S/C25H27IN2O3/c1-4-30-23-14-19(15-27-20-9-5-7-17(2)11-20)13-22(26)25(23)31-16-24(29)28-21-10-6-8-18(3)12-21/h5-14,27H,4,15-16H2,1-3H3,(H,28,29). The average molecular weight is 530 g/mol. The van der Waals surface area contributed by atoms with Crippen LogP contribution in [0.25, 0.3) is 0 Å². The Bertz CT molecular complexity index is 1050. The lowest BCUT2D eigenvalue weighted by molar-refractivity contribution is -0.118. The van der Waals surface area contributed by atoms with E-state index in [1.54, 1.807) is 0 Å². The molecule has 2 N–H and O–H groups in total. The van der Waals surface area contributed by atoms with Crippen molar-refractivity contribution in [2.75, 3.05) is 23.8 Å². The van der Waals surface area contributed by atoms with Crippen molar-refractivity contribution in [3.8, 4) is 11.5 Å². The van der Waals surface area contributed by atoms with Crippen LogP contribution in [0.5, 0.6) is 11.5 Å². The fourth-order valence-electron chi connectivity index (χ4n) is 3.14. The summed E-state index contributed by atoms with van der Waals surface area (Å²) in [4.78, 5) is 12.3. The third-order valence-corrected chi connectivity index (χ3v) is 5.33. The topological polar surface area (TPSA) is 59.6 Å². The number of carbonyl (C=O) groups excluding carboxylic acids is 1. The highest BCUT2D eigenvalue weighted by atomic mass is 127. The van der Waals surface area contributed by atoms with Crippen LogP contribution in [-0.4, -0.2) is 19.1 Å². The molecule has 0 heterocycles. The van der Waals surface area contributed by atoms with E-state index in [0.29, 0.717) is 24.7 Å². The quantitative estimate of drug-likeness (QED) is 0.337. The van der Waals surface area contributed by atoms with Gasteiger partial charge in [0, 0.05) is 17.9 Å². The summed E-state index contributed by atoms with van der Waals surface area (Å²) in [5.74, 6) is 1.01. The Morgan fingerprint density at radius 3 is 2.29 bits per heavy atom. The summed E-state index contributed by atoms with van der Waals surface area (Å²) in [5.41, 5.74) is 5.20. The van der Waals surface area contributed by atoms with Crippen LogP contribution in [0.2, 0.25) is 0 Å². The molecule has 6 heteroatoms. The molecule has 0 spiro atoms. The van der Waals surface area contributed by atoms with Gasteiger partial charge in [0.25, 0.3) is 5.91 Å². The van der Waals surface area contributed by atoms with E-state index in [1.807, 2.05) is 62.4 Å². The van der Waals surface area contributed by atoms with E-state index in [4.69, 9.17) is 9.47 Å². The summed E-state index contributed by atoms with van der Waals surface area (Å²) in [6.07, 6.45) is 0. The second-order valence-electron chi connectivity index (χ2n) is 7.27. The Hall–Kier alpha value is -2.74. The lowest BCUT2D eigenvalue weighted by Crippen LogP contribution is -2.20. The number of rotatable bonds is 9. The zero-order valence-electron chi connectivity index (χ0n) is 18.0. The molecule has 0 fully saturated rings. The van der Waals surface area contributed by atoms with Gasteiger partial charge in [0.1, 0.15) is 0 Å². The predicted octanol–water partition coefficient (Wildman–Crippen LogP) is 5.94. The molecule has 3 aromatic rings. The van der Waals surface area contributed by atoms with Gasteiger partial charge in [0.15, 0.2) is 18.1 Å². The van der Waals surface area contributed by atoms with Crippen molar-refractivity contribution < 1.29 is 14.3 Å². The van der Waals surface area contributed by atoms with E-state index in [0.717, 1.165) is 26.1 Å². The van der Waals surface area contributed by atoms with Crippen molar-refractivity contribution in [2.45, 2.75) is 27.3 Å². The van der Waals surface area contributed by atoms with Crippen molar-refractivity contribution >= 4 is 39.9 Å². The van der Waals surface area contributed by atoms with Gasteiger partial charge >= 0.3 is 0 Å². The van der Waals surface area contributed by atoms with Gasteiger partial charge in [-0.05, 0) is 96.5 Å². The second-order valence-corrected chi connectivity index (χ2v) is 8.43. The molecule has 0 bridgehead atoms. The fourth-order valence-corrected chi connectivity index (χ4v) is 3.96. The number of amides is 1. The third kappa shape index (κ3) is 6.89. The Labute approximate surface area is 197 Å². The van der Waals surface area contributed by atoms with E-state index < -0.39 is 0 Å². The van der Waals surface area contributed by atoms with Crippen LogP contribution >= 0.6 is 22.6 Å². The summed E-state index contributed by atoms with van der Waals surface area (Å²) in [6, 6.07) is 19.9. The summed E-state index contributed by atoms with van der Waals surface area (Å²) in [7, 11) is 0. The number of benzene rings is 3. The molecule has 0 atom stereocenters. The fraction of sp³-hybridized carbons (Fsp3) is 0.240. The molecule has 0 aliphatic heterocycles. The number of carbonyl (C=O) groups is 1. The third-order valence-electron chi connectivity index (χ3n) is 4.53. The minimum absolute atomic E-state index is 0.0924. The Morgan fingerprint density at radius 1 is 0.935 bits per heavy atom. The first kappa shape index (κ1) is 22.9. The van der Waals surface area contributed by atoms with E-state index in [-0.39, 0.29) is 12.5 Å². The van der Waals surface area contributed by atoms with Gasteiger partial charge < -0.3 is 20.1 Å². The van der Waals surface area contributed by atoms with E-state index in [2.05, 4.69) is 52.3 Å². The first-order valence-corrected chi connectivity index (χ1v) is 11.3. The molecular weight excluding hydrogens is 503 g/mol. The number of hydrogen-bond donors (Lipinski definition) is 2. The zero-order chi connectivity index (χ0) is 22.2. The van der Waals surface area contributed by atoms with Crippen molar-refractivity contribution in [1.82, 2.24) is 0 Å². The van der Waals surface area contributed by atoms with Crippen LogP contribution in [0.3, 0.4) is 0 Å². The maximum absolute atomic E-state index is 12.3. The Kier molecular flexibility index (Phi) is 8.17. The molecule has 0 aliphatic rings. The molecule has 0 saturated carbocycles. The van der Waals surface area contributed by atoms with Gasteiger partial charge in [0.2, 0.25) is 0 Å². The van der Waals surface area contributed by atoms with Crippen LogP contribution < -0.4 is 20.1 Å². The molecule has 3 aromatic carbocycles. The number of nitrogens with one attached hydrogen (secondary N) is 2. The van der Waals surface area contributed by atoms with Gasteiger partial charge in [-0.3, -0.25) is 4.79 Å². The zero-order valence-corrected chi connectivity index (χ0v) is 20.2. The molecule has 5 nitrogen and oxygen atoms in total. The van der Waals surface area contributed by atoms with Crippen molar-refractivity contribution in [3.63, 3.8) is 0 Å². The molecular formula is C25H27IN2O3. The summed E-state index contributed by atoms with van der Waals surface area (Å²) in [6.45, 7) is 7.06. The monoisotopic (exact) mass is 530 g/mol. The van der Waals surface area contributed by atoms with Crippen molar-refractivity contribution in [3.05, 3.63) is 80.9 Å². The van der Waals surface area contributed by atoms with E-state index in [9.17, 15) is 4.79 Å². The first-order valence-electron chi connectivity index (χ1n) is 10.2. The summed E-state index contributed by atoms with van der Waals surface area (Å²) >= 11 is 2.22. The number of hydrogen-bond acceptors (Lipinski definition) is 4. The number of aryl methyl sites for hydroxylation is 2. The lowest BCUT2D eigenvalue weighted by atomic mass is 10.1. The van der Waals surface area contributed by atoms with E-state index in [1.165, 1.54) is 5.56 Å². The highest BCUT2D eigenvalue weighted by molar-refractivity contribution is 14.1. The minimum atomic E-state index is -0.214. The lowest BCUT2D eigenvalue weighted by Gasteiger charge is -2.16. The van der Waals surface area contributed by atoms with Crippen molar-refractivity contribution in [1.29, 1.82) is 0 Å². The molecule has 0 aromatic heterocycles. The van der Waals surface area contributed by atoms with Gasteiger partial charge in [-0.2, -0.15) is 0 Å². The maximum Gasteiger partial charge on any atom is 0.262 e. The first-order chi connectivity index (χ1) is 14.9. The van der Waals surface area contributed by atoms with Gasteiger partial charge in [-0.1, -0.05) is 24.3 Å². The summed E-state index contributed by atoms with van der Waals surface area (Å²) < 4.78 is 12.6. The molecule has 0 aliphatic carbocycles. The molecule has 1 amide bonds. The highest BCUT2D eigenvalue weighted by Crippen LogP contribution is 2.34. The largest absolute Gasteiger partial charge is 0.490 e. The van der Waals surface area contributed by atoms with Gasteiger partial charge in [-0.15, -0.1) is 0 Å². The van der Waals surface area contributed by atoms with Crippen molar-refractivity contribution in [2.24, 2.45) is 0 Å². The maximum atomic E-state index is 12.3. The smallest absolute Gasteiger partial charge is 0.262 e. The Balaban J connectivity index is 1.67. The number of anilines is 2. The molecule has 0 unspecified atom stereocenters. The molecule has 0 saturated heterocycles. The molecule has 0 radical (unpaired) electrons. The van der Waals surface area contributed by atoms with E-state index >= 15 is 0 Å². The Morgan fingerprint density at radius 2 is 1.61 bits per heavy atom. The highest BCUT2D eigenvalue weighted by Gasteiger charge is 2.14.